The van der Waals surface area contributed by atoms with Gasteiger partial charge in [-0.2, -0.15) is 0 Å². The van der Waals surface area contributed by atoms with Gasteiger partial charge in [0.25, 0.3) is 0 Å². The minimum absolute atomic E-state index is 0.360. The molecule has 0 bridgehead atoms. The maximum atomic E-state index is 2.27. The van der Waals surface area contributed by atoms with Gasteiger partial charge in [0, 0.05) is 0 Å². The van der Waals surface area contributed by atoms with Gasteiger partial charge in [0.15, 0.2) is 0 Å². The van der Waals surface area contributed by atoms with E-state index in [1.165, 1.54) is 16.7 Å². The average Bonchev–Trinajstić information content (AvgIpc) is 2.04. The van der Waals surface area contributed by atoms with Crippen molar-refractivity contribution >= 4 is 0 Å². The topological polar surface area (TPSA) is 0 Å². The Kier molecular flexibility index (Phi) is 13.7. The molecule has 0 radical (unpaired) electrons. The molecule has 0 aliphatic rings. The molecule has 0 aromatic carbocycles. The SMILES string of the molecule is CC(C)=CC(C)(C)C.CC(C)=CC(C)(C)C.CC(C)=CC(C)(C)C. The van der Waals surface area contributed by atoms with Crippen molar-refractivity contribution in [1.29, 1.82) is 0 Å². The van der Waals surface area contributed by atoms with Crippen LogP contribution in [0.25, 0.3) is 0 Å². The summed E-state index contributed by atoms with van der Waals surface area (Å²) in [5.41, 5.74) is 5.28. The molecule has 0 aromatic rings. The van der Waals surface area contributed by atoms with E-state index in [0.717, 1.165) is 0 Å². The van der Waals surface area contributed by atoms with E-state index < -0.39 is 0 Å². The lowest BCUT2D eigenvalue weighted by Gasteiger charge is -2.11. The van der Waals surface area contributed by atoms with Crippen molar-refractivity contribution in [1.82, 2.24) is 0 Å². The first-order valence-electron chi connectivity index (χ1n) is 9.23. The van der Waals surface area contributed by atoms with Gasteiger partial charge in [0.1, 0.15) is 0 Å². The monoisotopic (exact) mass is 336 g/mol. The minimum atomic E-state index is 0.360. The summed E-state index contributed by atoms with van der Waals surface area (Å²) in [4.78, 5) is 0. The summed E-state index contributed by atoms with van der Waals surface area (Å²) < 4.78 is 0. The van der Waals surface area contributed by atoms with Crippen LogP contribution in [0.1, 0.15) is 104 Å². The zero-order valence-corrected chi connectivity index (χ0v) is 19.7. The van der Waals surface area contributed by atoms with E-state index in [4.69, 9.17) is 0 Å². The molecule has 0 heterocycles. The van der Waals surface area contributed by atoms with Crippen LogP contribution >= 0.6 is 0 Å². The van der Waals surface area contributed by atoms with Gasteiger partial charge < -0.3 is 0 Å². The average molecular weight is 337 g/mol. The highest BCUT2D eigenvalue weighted by atomic mass is 14.1. The fourth-order valence-corrected chi connectivity index (χ4v) is 2.60. The highest BCUT2D eigenvalue weighted by molar-refractivity contribution is 5.01. The molecule has 0 aliphatic heterocycles. The second-order valence-corrected chi connectivity index (χ2v) is 10.8. The number of allylic oxidation sites excluding steroid dienone is 6. The largest absolute Gasteiger partial charge is 0.0805 e. The lowest BCUT2D eigenvalue weighted by Crippen LogP contribution is -1.99. The van der Waals surface area contributed by atoms with E-state index in [2.05, 4.69) is 122 Å². The van der Waals surface area contributed by atoms with Gasteiger partial charge in [0.2, 0.25) is 0 Å². The van der Waals surface area contributed by atoms with Gasteiger partial charge in [-0.05, 0) is 57.8 Å². The zero-order valence-electron chi connectivity index (χ0n) is 19.7. The first kappa shape index (κ1) is 28.0. The highest BCUT2D eigenvalue weighted by Crippen LogP contribution is 2.17. The Morgan fingerprint density at radius 2 is 0.500 bits per heavy atom. The molecule has 0 unspecified atom stereocenters. The highest BCUT2D eigenvalue weighted by Gasteiger charge is 2.04. The van der Waals surface area contributed by atoms with Crippen LogP contribution in [-0.4, -0.2) is 0 Å². The smallest absolute Gasteiger partial charge is 0.0201 e. The predicted molar refractivity (Wildman–Crippen MR) is 117 cm³/mol. The molecular weight excluding hydrogens is 288 g/mol. The van der Waals surface area contributed by atoms with Crippen molar-refractivity contribution in [2.75, 3.05) is 0 Å². The lowest BCUT2D eigenvalue weighted by atomic mass is 9.94. The molecule has 0 aliphatic carbocycles. The summed E-state index contributed by atoms with van der Waals surface area (Å²) >= 11 is 0. The summed E-state index contributed by atoms with van der Waals surface area (Å²) in [5.74, 6) is 0. The summed E-state index contributed by atoms with van der Waals surface area (Å²) in [6.07, 6.45) is 6.81. The van der Waals surface area contributed by atoms with E-state index >= 15 is 0 Å². The molecule has 0 atom stereocenters. The molecule has 0 nitrogen and oxygen atoms in total. The van der Waals surface area contributed by atoms with Gasteiger partial charge in [0.05, 0.1) is 0 Å². The van der Waals surface area contributed by atoms with Gasteiger partial charge in [-0.3, -0.25) is 0 Å². The molecular formula is C24H48. The molecule has 0 saturated heterocycles. The van der Waals surface area contributed by atoms with Gasteiger partial charge in [-0.1, -0.05) is 97.3 Å². The quantitative estimate of drug-likeness (QED) is 0.387. The van der Waals surface area contributed by atoms with Crippen LogP contribution in [0.15, 0.2) is 34.9 Å². The maximum absolute atomic E-state index is 2.27. The van der Waals surface area contributed by atoms with Crippen LogP contribution in [0.3, 0.4) is 0 Å². The first-order valence-corrected chi connectivity index (χ1v) is 9.23. The fraction of sp³-hybridized carbons (Fsp3) is 0.750. The maximum Gasteiger partial charge on any atom is -0.0201 e. The predicted octanol–water partition coefficient (Wildman–Crippen LogP) is 9.00. The number of hydrogen-bond acceptors (Lipinski definition) is 0. The first-order chi connectivity index (χ1) is 10.2. The molecule has 0 aromatic heterocycles. The molecule has 24 heavy (non-hydrogen) atoms. The summed E-state index contributed by atoms with van der Waals surface area (Å²) in [7, 11) is 0. The van der Waals surface area contributed by atoms with Crippen LogP contribution in [0, 0.1) is 16.2 Å². The molecule has 144 valence electrons. The third kappa shape index (κ3) is 42.9. The Hall–Kier alpha value is -0.780. The van der Waals surface area contributed by atoms with Crippen LogP contribution < -0.4 is 0 Å². The van der Waals surface area contributed by atoms with E-state index in [0.29, 0.717) is 16.2 Å². The number of hydrogen-bond donors (Lipinski definition) is 0. The molecule has 0 heteroatoms. The van der Waals surface area contributed by atoms with Crippen LogP contribution in [0.2, 0.25) is 0 Å². The third-order valence-electron chi connectivity index (χ3n) is 2.17. The zero-order chi connectivity index (χ0) is 20.4. The molecule has 0 saturated carbocycles. The normalized spacial score (nSPS) is 11.1. The third-order valence-corrected chi connectivity index (χ3v) is 2.17. The van der Waals surface area contributed by atoms with Crippen molar-refractivity contribution in [2.24, 2.45) is 16.2 Å². The standard InChI is InChI=1S/3C8H16/c3*1-7(2)6-8(3,4)5/h3*6H,1-5H3. The summed E-state index contributed by atoms with van der Waals surface area (Å²) in [6, 6.07) is 0. The van der Waals surface area contributed by atoms with Crippen LogP contribution in [0.5, 0.6) is 0 Å². The van der Waals surface area contributed by atoms with Crippen LogP contribution in [0.4, 0.5) is 0 Å². The molecule has 0 fully saturated rings. The van der Waals surface area contributed by atoms with Gasteiger partial charge >= 0.3 is 0 Å². The summed E-state index contributed by atoms with van der Waals surface area (Å²) in [5, 5.41) is 0. The Morgan fingerprint density at radius 1 is 0.375 bits per heavy atom. The molecule has 0 rings (SSSR count). The van der Waals surface area contributed by atoms with Gasteiger partial charge in [-0.25, -0.2) is 0 Å². The van der Waals surface area contributed by atoms with Crippen molar-refractivity contribution in [2.45, 2.75) is 104 Å². The second-order valence-electron chi connectivity index (χ2n) is 10.8. The Balaban J connectivity index is -0.000000276. The van der Waals surface area contributed by atoms with E-state index in [-0.39, 0.29) is 0 Å². The summed E-state index contributed by atoms with van der Waals surface area (Å²) in [6.45, 7) is 32.7. The lowest BCUT2D eigenvalue weighted by molar-refractivity contribution is 0.539. The number of rotatable bonds is 0. The Bertz CT molecular complexity index is 328. The van der Waals surface area contributed by atoms with E-state index in [1.54, 1.807) is 0 Å². The molecule has 0 amide bonds. The van der Waals surface area contributed by atoms with Crippen molar-refractivity contribution in [3.8, 4) is 0 Å². The Morgan fingerprint density at radius 3 is 0.500 bits per heavy atom. The molecule has 0 N–H and O–H groups in total. The van der Waals surface area contributed by atoms with Crippen LogP contribution in [-0.2, 0) is 0 Å². The van der Waals surface area contributed by atoms with Crippen molar-refractivity contribution in [3.05, 3.63) is 34.9 Å². The Labute approximate surface area is 155 Å². The fourth-order valence-electron chi connectivity index (χ4n) is 2.60. The van der Waals surface area contributed by atoms with Crippen molar-refractivity contribution in [3.63, 3.8) is 0 Å². The van der Waals surface area contributed by atoms with E-state index in [1.807, 2.05) is 0 Å². The minimum Gasteiger partial charge on any atom is -0.0805 e. The molecule has 0 spiro atoms. The second kappa shape index (κ2) is 11.7. The van der Waals surface area contributed by atoms with E-state index in [9.17, 15) is 0 Å². The van der Waals surface area contributed by atoms with Gasteiger partial charge in [-0.15, -0.1) is 0 Å². The van der Waals surface area contributed by atoms with Crippen molar-refractivity contribution < 1.29 is 0 Å².